The van der Waals surface area contributed by atoms with Crippen LogP contribution in [0.4, 0.5) is 0 Å². The van der Waals surface area contributed by atoms with Gasteiger partial charge in [-0.3, -0.25) is 0 Å². The molecule has 166 valence electrons. The predicted molar refractivity (Wildman–Crippen MR) is 146 cm³/mol. The molecule has 2 aliphatic rings. The molecule has 3 aromatic carbocycles. The molecular formula is C34H25O+. The normalized spacial score (nSPS) is 11.0. The van der Waals surface area contributed by atoms with Gasteiger partial charge in [0, 0.05) is 5.56 Å². The van der Waals surface area contributed by atoms with Gasteiger partial charge >= 0.3 is 11.5 Å². The van der Waals surface area contributed by atoms with E-state index in [0.29, 0.717) is 0 Å². The highest BCUT2D eigenvalue weighted by molar-refractivity contribution is 5.99. The van der Waals surface area contributed by atoms with Gasteiger partial charge in [-0.1, -0.05) is 103 Å². The summed E-state index contributed by atoms with van der Waals surface area (Å²) in [5, 5.41) is 0. The van der Waals surface area contributed by atoms with E-state index in [9.17, 15) is 0 Å². The van der Waals surface area contributed by atoms with Gasteiger partial charge in [-0.2, -0.15) is 0 Å². The van der Waals surface area contributed by atoms with Crippen LogP contribution in [-0.4, -0.2) is 0 Å². The molecule has 0 fully saturated rings. The summed E-state index contributed by atoms with van der Waals surface area (Å²) in [5.41, 5.74) is 10.5. The number of rotatable bonds is 4. The van der Waals surface area contributed by atoms with Gasteiger partial charge < -0.3 is 0 Å². The molecule has 0 bridgehead atoms. The summed E-state index contributed by atoms with van der Waals surface area (Å²) in [7, 11) is 0. The van der Waals surface area contributed by atoms with Crippen LogP contribution in [-0.2, 0) is 0 Å². The maximum Gasteiger partial charge on any atom is 0.369 e. The molecule has 0 radical (unpaired) electrons. The monoisotopic (exact) mass is 449 g/mol. The van der Waals surface area contributed by atoms with E-state index in [4.69, 9.17) is 4.42 Å². The Morgan fingerprint density at radius 3 is 1.57 bits per heavy atom. The Balaban J connectivity index is 1.75. The lowest BCUT2D eigenvalue weighted by molar-refractivity contribution is 0.584. The topological polar surface area (TPSA) is 11.3 Å². The minimum Gasteiger partial charge on any atom is -0.206 e. The van der Waals surface area contributed by atoms with E-state index in [1.807, 2.05) is 12.1 Å². The van der Waals surface area contributed by atoms with Crippen LogP contribution >= 0.6 is 0 Å². The highest BCUT2D eigenvalue weighted by Gasteiger charge is 2.30. The molecule has 1 heteroatoms. The second-order valence-corrected chi connectivity index (χ2v) is 8.81. The van der Waals surface area contributed by atoms with Gasteiger partial charge in [0.2, 0.25) is 0 Å². The Labute approximate surface area is 206 Å². The molecule has 0 spiro atoms. The molecule has 0 atom stereocenters. The van der Waals surface area contributed by atoms with E-state index >= 15 is 0 Å². The van der Waals surface area contributed by atoms with Crippen molar-refractivity contribution in [3.63, 3.8) is 0 Å². The van der Waals surface area contributed by atoms with E-state index < -0.39 is 0 Å². The minimum absolute atomic E-state index is 0.853. The average Bonchev–Trinajstić information content (AvgIpc) is 3.08. The molecule has 0 amide bonds. The Hall–Kier alpha value is -4.49. The summed E-state index contributed by atoms with van der Waals surface area (Å²) >= 11 is 0. The molecule has 0 saturated carbocycles. The third kappa shape index (κ3) is 3.92. The standard InChI is InChI=1S/C34H25O/c1-24-22-30(29-21-13-5-12-20-28(24)29)31-23-32(25-14-6-2-7-15-25)35-34(27-18-10-4-11-19-27)33(31)26-16-8-3-9-17-26/h2-23H,1H3/q+1. The van der Waals surface area contributed by atoms with Crippen LogP contribution in [0, 0.1) is 6.92 Å². The van der Waals surface area contributed by atoms with Crippen molar-refractivity contribution in [3.05, 3.63) is 139 Å². The van der Waals surface area contributed by atoms with Crippen LogP contribution in [0.3, 0.4) is 0 Å². The van der Waals surface area contributed by atoms with E-state index in [1.54, 1.807) is 0 Å². The average molecular weight is 450 g/mol. The molecule has 1 heterocycles. The Kier molecular flexibility index (Phi) is 5.44. The number of hydrogen-bond donors (Lipinski definition) is 0. The van der Waals surface area contributed by atoms with Crippen LogP contribution in [0.15, 0.2) is 138 Å². The molecule has 2 aliphatic carbocycles. The van der Waals surface area contributed by atoms with Crippen molar-refractivity contribution >= 4 is 0 Å². The van der Waals surface area contributed by atoms with Crippen LogP contribution in [0.2, 0.25) is 0 Å². The fourth-order valence-corrected chi connectivity index (χ4v) is 4.88. The molecule has 6 rings (SSSR count). The first-order valence-corrected chi connectivity index (χ1v) is 12.0. The number of fused-ring (bicyclic) bond motifs is 1. The van der Waals surface area contributed by atoms with E-state index in [2.05, 4.69) is 128 Å². The van der Waals surface area contributed by atoms with Gasteiger partial charge in [0.1, 0.15) is 0 Å². The third-order valence-electron chi connectivity index (χ3n) is 6.54. The molecule has 0 aliphatic heterocycles. The molecule has 0 unspecified atom stereocenters. The first-order chi connectivity index (χ1) is 17.3. The molecule has 0 saturated heterocycles. The third-order valence-corrected chi connectivity index (χ3v) is 6.54. The first-order valence-electron chi connectivity index (χ1n) is 12.0. The predicted octanol–water partition coefficient (Wildman–Crippen LogP) is 9.64. The number of aryl methyl sites for hydroxylation is 1. The largest absolute Gasteiger partial charge is 0.369 e. The van der Waals surface area contributed by atoms with Crippen LogP contribution in [0.1, 0.15) is 5.56 Å². The second kappa shape index (κ2) is 9.04. The summed E-state index contributed by atoms with van der Waals surface area (Å²) in [4.78, 5) is 0. The van der Waals surface area contributed by atoms with E-state index in [1.165, 1.54) is 27.8 Å². The van der Waals surface area contributed by atoms with Gasteiger partial charge in [-0.25, -0.2) is 4.42 Å². The quantitative estimate of drug-likeness (QED) is 0.244. The molecule has 35 heavy (non-hydrogen) atoms. The summed E-state index contributed by atoms with van der Waals surface area (Å²) in [6.07, 6.45) is 0. The zero-order chi connectivity index (χ0) is 23.6. The van der Waals surface area contributed by atoms with Gasteiger partial charge in [0.25, 0.3) is 0 Å². The van der Waals surface area contributed by atoms with Gasteiger partial charge in [-0.15, -0.1) is 0 Å². The molecular weight excluding hydrogens is 424 g/mol. The summed E-state index contributed by atoms with van der Waals surface area (Å²) < 4.78 is 6.73. The van der Waals surface area contributed by atoms with Crippen molar-refractivity contribution in [2.75, 3.05) is 0 Å². The fraction of sp³-hybridized carbons (Fsp3) is 0.0294. The highest BCUT2D eigenvalue weighted by Crippen LogP contribution is 2.47. The van der Waals surface area contributed by atoms with Crippen LogP contribution in [0.25, 0.3) is 56.0 Å². The van der Waals surface area contributed by atoms with Crippen LogP contribution in [0.5, 0.6) is 0 Å². The summed E-state index contributed by atoms with van der Waals surface area (Å²) in [6, 6.07) is 46.6. The minimum atomic E-state index is 0.853. The van der Waals surface area contributed by atoms with E-state index in [0.717, 1.165) is 33.8 Å². The second-order valence-electron chi connectivity index (χ2n) is 8.81. The van der Waals surface area contributed by atoms with E-state index in [-0.39, 0.29) is 0 Å². The lowest BCUT2D eigenvalue weighted by atomic mass is 9.90. The van der Waals surface area contributed by atoms with Crippen molar-refractivity contribution in [1.82, 2.24) is 0 Å². The summed E-state index contributed by atoms with van der Waals surface area (Å²) in [6.45, 7) is 2.19. The molecule has 4 aromatic rings. The van der Waals surface area contributed by atoms with Gasteiger partial charge in [0.05, 0.1) is 22.8 Å². The molecule has 1 aromatic heterocycles. The van der Waals surface area contributed by atoms with Crippen molar-refractivity contribution in [1.29, 1.82) is 0 Å². The highest BCUT2D eigenvalue weighted by atomic mass is 16.3. The Bertz CT molecular complexity index is 1570. The SMILES string of the molecule is Cc1cc(-c2cc(-c3ccccc3)[o+]c(-c3ccccc3)c2-c2ccccc2)c2cccccc1-2. The zero-order valence-corrected chi connectivity index (χ0v) is 19.6. The van der Waals surface area contributed by atoms with Crippen molar-refractivity contribution in [3.8, 4) is 56.0 Å². The molecule has 0 N–H and O–H groups in total. The lowest BCUT2D eigenvalue weighted by Crippen LogP contribution is -1.93. The first kappa shape index (κ1) is 21.1. The fourth-order valence-electron chi connectivity index (χ4n) is 4.88. The zero-order valence-electron chi connectivity index (χ0n) is 19.6. The lowest BCUT2D eigenvalue weighted by Gasteiger charge is -2.11. The number of hydrogen-bond acceptors (Lipinski definition) is 0. The molecule has 1 nitrogen and oxygen atoms in total. The van der Waals surface area contributed by atoms with Crippen molar-refractivity contribution in [2.24, 2.45) is 0 Å². The smallest absolute Gasteiger partial charge is 0.206 e. The Morgan fingerprint density at radius 2 is 0.943 bits per heavy atom. The van der Waals surface area contributed by atoms with Crippen molar-refractivity contribution in [2.45, 2.75) is 6.92 Å². The Morgan fingerprint density at radius 1 is 0.429 bits per heavy atom. The van der Waals surface area contributed by atoms with Crippen LogP contribution < -0.4 is 0 Å². The maximum atomic E-state index is 6.73. The maximum absolute atomic E-state index is 6.73. The number of benzene rings is 3. The van der Waals surface area contributed by atoms with Crippen molar-refractivity contribution < 1.29 is 4.42 Å². The summed E-state index contributed by atoms with van der Waals surface area (Å²) in [5.74, 6) is 1.73. The van der Waals surface area contributed by atoms with Gasteiger partial charge in [-0.05, 0) is 59.0 Å². The van der Waals surface area contributed by atoms with Gasteiger partial charge in [0.15, 0.2) is 0 Å².